The van der Waals surface area contributed by atoms with E-state index in [2.05, 4.69) is 12.2 Å². The molecular formula is C20H25NO3. The van der Waals surface area contributed by atoms with Crippen LogP contribution in [0.2, 0.25) is 0 Å². The minimum Gasteiger partial charge on any atom is -0.496 e. The fourth-order valence-corrected chi connectivity index (χ4v) is 3.12. The maximum absolute atomic E-state index is 13.0. The molecule has 0 radical (unpaired) electrons. The third-order valence-corrected chi connectivity index (χ3v) is 4.77. The van der Waals surface area contributed by atoms with E-state index >= 15 is 0 Å². The molecule has 1 fully saturated rings. The number of methoxy groups -OCH3 is 1. The molecule has 0 aliphatic heterocycles. The number of carbonyl (C=O) groups is 1. The van der Waals surface area contributed by atoms with E-state index in [9.17, 15) is 4.79 Å². The molecule has 3 rings (SSSR count). The van der Waals surface area contributed by atoms with E-state index < -0.39 is 5.60 Å². The second kappa shape index (κ2) is 6.81. The number of fused-ring (bicyclic) bond motifs is 1. The van der Waals surface area contributed by atoms with Gasteiger partial charge in [-0.05, 0) is 44.2 Å². The first kappa shape index (κ1) is 16.8. The standard InChI is InChI=1S/C20H25NO3/c1-4-13-24-20(2,14-9-10-14)19(22)21-17-11-12-18(23-3)16-8-6-5-7-15(16)17/h5-8,11-12,14H,4,9-10,13H2,1-3H3,(H,21,22). The average Bonchev–Trinajstić information content (AvgIpc) is 3.45. The van der Waals surface area contributed by atoms with Gasteiger partial charge in [-0.2, -0.15) is 0 Å². The average molecular weight is 327 g/mol. The number of amides is 1. The molecule has 0 spiro atoms. The highest BCUT2D eigenvalue weighted by Gasteiger charge is 2.48. The quantitative estimate of drug-likeness (QED) is 0.821. The summed E-state index contributed by atoms with van der Waals surface area (Å²) in [5.41, 5.74) is 0.0419. The molecule has 128 valence electrons. The Hall–Kier alpha value is -2.07. The number of carbonyl (C=O) groups excluding carboxylic acids is 1. The predicted octanol–water partition coefficient (Wildman–Crippen LogP) is 4.38. The number of anilines is 1. The zero-order chi connectivity index (χ0) is 17.2. The highest BCUT2D eigenvalue weighted by atomic mass is 16.5. The maximum atomic E-state index is 13.0. The fraction of sp³-hybridized carbons (Fsp3) is 0.450. The van der Waals surface area contributed by atoms with Crippen LogP contribution < -0.4 is 10.1 Å². The lowest BCUT2D eigenvalue weighted by molar-refractivity contribution is -0.142. The Morgan fingerprint density at radius 3 is 2.54 bits per heavy atom. The number of benzene rings is 2. The first-order chi connectivity index (χ1) is 11.6. The van der Waals surface area contributed by atoms with Crippen molar-refractivity contribution in [2.24, 2.45) is 5.92 Å². The van der Waals surface area contributed by atoms with Gasteiger partial charge in [0.1, 0.15) is 11.4 Å². The lowest BCUT2D eigenvalue weighted by Gasteiger charge is -2.29. The molecule has 0 heterocycles. The molecule has 1 saturated carbocycles. The summed E-state index contributed by atoms with van der Waals surface area (Å²) >= 11 is 0. The highest BCUT2D eigenvalue weighted by molar-refractivity contribution is 6.06. The molecule has 0 bridgehead atoms. The molecule has 4 heteroatoms. The van der Waals surface area contributed by atoms with Crippen LogP contribution in [-0.4, -0.2) is 25.2 Å². The number of nitrogens with one attached hydrogen (secondary N) is 1. The molecule has 0 aromatic heterocycles. The number of hydrogen-bond donors (Lipinski definition) is 1. The second-order valence-corrected chi connectivity index (χ2v) is 6.54. The summed E-state index contributed by atoms with van der Waals surface area (Å²) in [6.45, 7) is 4.58. The summed E-state index contributed by atoms with van der Waals surface area (Å²) in [7, 11) is 1.66. The zero-order valence-electron chi connectivity index (χ0n) is 14.6. The SMILES string of the molecule is CCCOC(C)(C(=O)Nc1ccc(OC)c2ccccc12)C1CC1. The second-order valence-electron chi connectivity index (χ2n) is 6.54. The minimum atomic E-state index is -0.753. The lowest BCUT2D eigenvalue weighted by Crippen LogP contribution is -2.45. The number of rotatable bonds is 7. The van der Waals surface area contributed by atoms with Crippen molar-refractivity contribution in [3.8, 4) is 5.75 Å². The van der Waals surface area contributed by atoms with Crippen LogP contribution in [-0.2, 0) is 9.53 Å². The van der Waals surface area contributed by atoms with Gasteiger partial charge in [0.25, 0.3) is 5.91 Å². The summed E-state index contributed by atoms with van der Waals surface area (Å²) in [6.07, 6.45) is 3.01. The normalized spacial score (nSPS) is 16.6. The molecule has 2 aromatic rings. The van der Waals surface area contributed by atoms with Crippen molar-refractivity contribution in [1.82, 2.24) is 0 Å². The van der Waals surface area contributed by atoms with Crippen molar-refractivity contribution < 1.29 is 14.3 Å². The van der Waals surface area contributed by atoms with Crippen molar-refractivity contribution in [3.05, 3.63) is 36.4 Å². The summed E-state index contributed by atoms with van der Waals surface area (Å²) in [5.74, 6) is 1.05. The van der Waals surface area contributed by atoms with Gasteiger partial charge in [0.2, 0.25) is 0 Å². The molecule has 4 nitrogen and oxygen atoms in total. The van der Waals surface area contributed by atoms with E-state index in [1.165, 1.54) is 0 Å². The van der Waals surface area contributed by atoms with Crippen molar-refractivity contribution in [2.75, 3.05) is 19.0 Å². The molecule has 1 N–H and O–H groups in total. The summed E-state index contributed by atoms with van der Waals surface area (Å²) < 4.78 is 11.4. The third kappa shape index (κ3) is 3.11. The highest BCUT2D eigenvalue weighted by Crippen LogP contribution is 2.43. The van der Waals surface area contributed by atoms with Gasteiger partial charge >= 0.3 is 0 Å². The van der Waals surface area contributed by atoms with Crippen LogP contribution in [0, 0.1) is 5.92 Å². The summed E-state index contributed by atoms with van der Waals surface area (Å²) in [6, 6.07) is 11.7. The fourth-order valence-electron chi connectivity index (χ4n) is 3.12. The van der Waals surface area contributed by atoms with Crippen LogP contribution in [0.4, 0.5) is 5.69 Å². The molecule has 1 aliphatic rings. The van der Waals surface area contributed by atoms with Crippen LogP contribution in [0.5, 0.6) is 5.75 Å². The van der Waals surface area contributed by atoms with E-state index in [-0.39, 0.29) is 5.91 Å². The van der Waals surface area contributed by atoms with Crippen molar-refractivity contribution in [2.45, 2.75) is 38.7 Å². The van der Waals surface area contributed by atoms with E-state index in [0.717, 1.165) is 41.5 Å². The molecular weight excluding hydrogens is 302 g/mol. The molecule has 1 amide bonds. The number of hydrogen-bond acceptors (Lipinski definition) is 3. The van der Waals surface area contributed by atoms with Gasteiger partial charge in [0.05, 0.1) is 7.11 Å². The van der Waals surface area contributed by atoms with Crippen LogP contribution in [0.15, 0.2) is 36.4 Å². The van der Waals surface area contributed by atoms with Crippen molar-refractivity contribution >= 4 is 22.4 Å². The van der Waals surface area contributed by atoms with Crippen LogP contribution in [0.3, 0.4) is 0 Å². The minimum absolute atomic E-state index is 0.0613. The van der Waals surface area contributed by atoms with Gasteiger partial charge in [0, 0.05) is 23.1 Å². The Labute approximate surface area is 143 Å². The van der Waals surface area contributed by atoms with E-state index in [1.54, 1.807) is 7.11 Å². The van der Waals surface area contributed by atoms with Crippen LogP contribution >= 0.6 is 0 Å². The van der Waals surface area contributed by atoms with Gasteiger partial charge in [-0.15, -0.1) is 0 Å². The Bertz CT molecular complexity index is 739. The predicted molar refractivity (Wildman–Crippen MR) is 96.5 cm³/mol. The largest absolute Gasteiger partial charge is 0.496 e. The van der Waals surface area contributed by atoms with Gasteiger partial charge in [-0.25, -0.2) is 0 Å². The van der Waals surface area contributed by atoms with Gasteiger partial charge < -0.3 is 14.8 Å². The Kier molecular flexibility index (Phi) is 4.76. The Balaban J connectivity index is 1.90. The van der Waals surface area contributed by atoms with E-state index in [1.807, 2.05) is 43.3 Å². The Morgan fingerprint density at radius 1 is 1.21 bits per heavy atom. The molecule has 1 aliphatic carbocycles. The summed E-state index contributed by atoms with van der Waals surface area (Å²) in [4.78, 5) is 13.0. The monoisotopic (exact) mass is 327 g/mol. The van der Waals surface area contributed by atoms with Crippen LogP contribution in [0.1, 0.15) is 33.1 Å². The van der Waals surface area contributed by atoms with Crippen molar-refractivity contribution in [3.63, 3.8) is 0 Å². The van der Waals surface area contributed by atoms with Gasteiger partial charge in [0.15, 0.2) is 0 Å². The first-order valence-corrected chi connectivity index (χ1v) is 8.61. The molecule has 1 unspecified atom stereocenters. The van der Waals surface area contributed by atoms with Gasteiger partial charge in [-0.3, -0.25) is 4.79 Å². The zero-order valence-corrected chi connectivity index (χ0v) is 14.6. The smallest absolute Gasteiger partial charge is 0.256 e. The number of ether oxygens (including phenoxy) is 2. The van der Waals surface area contributed by atoms with E-state index in [4.69, 9.17) is 9.47 Å². The topological polar surface area (TPSA) is 47.6 Å². The summed E-state index contributed by atoms with van der Waals surface area (Å²) in [5, 5.41) is 5.05. The molecule has 0 saturated heterocycles. The first-order valence-electron chi connectivity index (χ1n) is 8.61. The Morgan fingerprint density at radius 2 is 1.92 bits per heavy atom. The molecule has 2 aromatic carbocycles. The van der Waals surface area contributed by atoms with Crippen LogP contribution in [0.25, 0.3) is 10.8 Å². The lowest BCUT2D eigenvalue weighted by atomic mass is 9.98. The van der Waals surface area contributed by atoms with Gasteiger partial charge in [-0.1, -0.05) is 31.2 Å². The van der Waals surface area contributed by atoms with Crippen molar-refractivity contribution in [1.29, 1.82) is 0 Å². The maximum Gasteiger partial charge on any atom is 0.256 e. The molecule has 1 atom stereocenters. The molecule has 24 heavy (non-hydrogen) atoms. The third-order valence-electron chi connectivity index (χ3n) is 4.77. The van der Waals surface area contributed by atoms with E-state index in [0.29, 0.717) is 12.5 Å².